The first-order valence-electron chi connectivity index (χ1n) is 9.96. The molecular weight excluding hydrogens is 380 g/mol. The second kappa shape index (κ2) is 7.25. The molecule has 1 saturated heterocycles. The smallest absolute Gasteiger partial charge is 0.219 e. The van der Waals surface area contributed by atoms with Crippen LogP contribution >= 0.6 is 0 Å². The van der Waals surface area contributed by atoms with Crippen molar-refractivity contribution in [3.63, 3.8) is 0 Å². The third kappa shape index (κ3) is 3.28. The van der Waals surface area contributed by atoms with Crippen LogP contribution in [0.2, 0.25) is 0 Å². The van der Waals surface area contributed by atoms with Gasteiger partial charge in [-0.15, -0.1) is 0 Å². The zero-order valence-electron chi connectivity index (χ0n) is 16.6. The Morgan fingerprint density at radius 2 is 1.97 bits per heavy atom. The number of nitrogens with two attached hydrogens (primary N) is 1. The van der Waals surface area contributed by atoms with Crippen molar-refractivity contribution in [1.82, 2.24) is 34.6 Å². The lowest BCUT2D eigenvalue weighted by molar-refractivity contribution is -0.130. The molecule has 0 unspecified atom stereocenters. The van der Waals surface area contributed by atoms with Gasteiger partial charge in [-0.1, -0.05) is 12.1 Å². The lowest BCUT2D eigenvalue weighted by Gasteiger charge is -2.31. The number of hydrogen-bond donors (Lipinski definition) is 2. The van der Waals surface area contributed by atoms with Gasteiger partial charge in [0.05, 0.1) is 35.2 Å². The second-order valence-corrected chi connectivity index (χ2v) is 7.54. The van der Waals surface area contributed by atoms with Crippen LogP contribution in [0.15, 0.2) is 42.9 Å². The number of nitrogens with one attached hydrogen (secondary N) is 1. The molecule has 0 bridgehead atoms. The first-order chi connectivity index (χ1) is 14.6. The average molecular weight is 402 g/mol. The molecule has 0 radical (unpaired) electrons. The first kappa shape index (κ1) is 18.3. The predicted octanol–water partition coefficient (Wildman–Crippen LogP) is 2.65. The number of fused-ring (bicyclic) bond motifs is 1. The molecule has 30 heavy (non-hydrogen) atoms. The van der Waals surface area contributed by atoms with Crippen LogP contribution < -0.4 is 5.73 Å². The van der Waals surface area contributed by atoms with Crippen LogP contribution in [0.25, 0.3) is 33.8 Å². The zero-order chi connectivity index (χ0) is 20.7. The molecule has 4 aromatic rings. The third-order valence-corrected chi connectivity index (χ3v) is 5.60. The minimum Gasteiger partial charge on any atom is -0.382 e. The maximum absolute atomic E-state index is 11.5. The molecule has 1 aliphatic rings. The Hall–Kier alpha value is -3.75. The molecule has 0 saturated carbocycles. The number of aromatic amines is 1. The summed E-state index contributed by atoms with van der Waals surface area (Å²) in [6.07, 6.45) is 7.20. The van der Waals surface area contributed by atoms with Crippen molar-refractivity contribution in [2.45, 2.75) is 25.8 Å². The Morgan fingerprint density at radius 1 is 1.17 bits per heavy atom. The number of carbonyl (C=O) groups excluding carboxylic acids is 1. The molecule has 0 atom stereocenters. The van der Waals surface area contributed by atoms with E-state index in [2.05, 4.69) is 20.1 Å². The number of nitrogen functional groups attached to an aromatic ring is 1. The second-order valence-electron chi connectivity index (χ2n) is 7.54. The topological polar surface area (TPSA) is 119 Å². The van der Waals surface area contributed by atoms with E-state index in [0.717, 1.165) is 42.5 Å². The van der Waals surface area contributed by atoms with E-state index >= 15 is 0 Å². The van der Waals surface area contributed by atoms with Gasteiger partial charge in [0.1, 0.15) is 5.69 Å². The Bertz CT molecular complexity index is 1190. The molecule has 3 N–H and O–H groups in total. The van der Waals surface area contributed by atoms with E-state index in [1.54, 1.807) is 19.3 Å². The molecule has 1 aliphatic heterocycles. The lowest BCUT2D eigenvalue weighted by Crippen LogP contribution is -2.37. The fraction of sp³-hybridized carbons (Fsp3) is 0.286. The number of H-pyrrole nitrogens is 1. The van der Waals surface area contributed by atoms with Gasteiger partial charge in [-0.05, 0) is 25.0 Å². The van der Waals surface area contributed by atoms with Gasteiger partial charge >= 0.3 is 0 Å². The van der Waals surface area contributed by atoms with Crippen molar-refractivity contribution in [2.75, 3.05) is 18.8 Å². The Morgan fingerprint density at radius 3 is 2.73 bits per heavy atom. The van der Waals surface area contributed by atoms with Crippen LogP contribution in [0.3, 0.4) is 0 Å². The molecule has 3 aromatic heterocycles. The van der Waals surface area contributed by atoms with Gasteiger partial charge in [0, 0.05) is 31.8 Å². The van der Waals surface area contributed by atoms with Gasteiger partial charge in [-0.3, -0.25) is 9.48 Å². The van der Waals surface area contributed by atoms with Crippen molar-refractivity contribution in [2.24, 2.45) is 0 Å². The molecule has 1 amide bonds. The molecule has 9 nitrogen and oxygen atoms in total. The first-order valence-corrected chi connectivity index (χ1v) is 9.96. The number of amides is 1. The van der Waals surface area contributed by atoms with E-state index in [9.17, 15) is 4.79 Å². The zero-order valence-corrected chi connectivity index (χ0v) is 16.6. The number of nitrogens with zero attached hydrogens (tertiary/aromatic N) is 6. The van der Waals surface area contributed by atoms with E-state index in [1.807, 2.05) is 40.0 Å². The predicted molar refractivity (Wildman–Crippen MR) is 113 cm³/mol. The molecular formula is C21H22N8O. The van der Waals surface area contributed by atoms with Crippen LogP contribution in [0.5, 0.6) is 0 Å². The number of hydrogen-bond acceptors (Lipinski definition) is 6. The molecule has 0 aliphatic carbocycles. The van der Waals surface area contributed by atoms with Gasteiger partial charge in [-0.2, -0.15) is 5.10 Å². The van der Waals surface area contributed by atoms with Crippen LogP contribution in [0, 0.1) is 0 Å². The average Bonchev–Trinajstić information content (AvgIpc) is 3.41. The number of piperidine rings is 1. The molecule has 4 heterocycles. The summed E-state index contributed by atoms with van der Waals surface area (Å²) in [6.45, 7) is 3.13. The maximum Gasteiger partial charge on any atom is 0.219 e. The molecule has 1 fully saturated rings. The summed E-state index contributed by atoms with van der Waals surface area (Å²) in [6, 6.07) is 8.05. The number of anilines is 1. The summed E-state index contributed by atoms with van der Waals surface area (Å²) >= 11 is 0. The van der Waals surface area contributed by atoms with E-state index in [-0.39, 0.29) is 11.9 Å². The number of likely N-dealkylation sites (tertiary alicyclic amines) is 1. The van der Waals surface area contributed by atoms with Crippen molar-refractivity contribution in [3.8, 4) is 22.8 Å². The number of aromatic nitrogens is 6. The summed E-state index contributed by atoms with van der Waals surface area (Å²) in [5, 5.41) is 4.54. The van der Waals surface area contributed by atoms with Crippen molar-refractivity contribution in [1.29, 1.82) is 0 Å². The fourth-order valence-electron chi connectivity index (χ4n) is 3.89. The summed E-state index contributed by atoms with van der Waals surface area (Å²) in [5.74, 6) is 1.04. The number of rotatable bonds is 3. The van der Waals surface area contributed by atoms with Gasteiger partial charge < -0.3 is 15.6 Å². The van der Waals surface area contributed by atoms with Crippen molar-refractivity contribution in [3.05, 3.63) is 42.9 Å². The highest BCUT2D eigenvalue weighted by Gasteiger charge is 2.23. The Balaban J connectivity index is 1.42. The van der Waals surface area contributed by atoms with E-state index < -0.39 is 0 Å². The van der Waals surface area contributed by atoms with Crippen LogP contribution in [0.4, 0.5) is 5.82 Å². The molecule has 9 heteroatoms. The van der Waals surface area contributed by atoms with Gasteiger partial charge in [0.15, 0.2) is 11.6 Å². The van der Waals surface area contributed by atoms with Gasteiger partial charge in [0.25, 0.3) is 0 Å². The number of imidazole rings is 1. The minimum atomic E-state index is 0.130. The Labute approximate surface area is 173 Å². The number of benzene rings is 1. The quantitative estimate of drug-likeness (QED) is 0.544. The van der Waals surface area contributed by atoms with Crippen LogP contribution in [0.1, 0.15) is 25.8 Å². The Kier molecular flexibility index (Phi) is 4.42. The van der Waals surface area contributed by atoms with E-state index in [1.165, 1.54) is 0 Å². The SMILES string of the molecule is CC(=O)N1CCC(n2cc(-c3cnc(N)c(-c4nc5ccccc5[nH]4)n3)cn2)CC1. The summed E-state index contributed by atoms with van der Waals surface area (Å²) in [7, 11) is 0. The summed E-state index contributed by atoms with van der Waals surface area (Å²) in [4.78, 5) is 30.3. The monoisotopic (exact) mass is 402 g/mol. The highest BCUT2D eigenvalue weighted by Crippen LogP contribution is 2.28. The highest BCUT2D eigenvalue weighted by molar-refractivity contribution is 5.80. The van der Waals surface area contributed by atoms with Crippen LogP contribution in [-0.2, 0) is 4.79 Å². The van der Waals surface area contributed by atoms with Crippen molar-refractivity contribution < 1.29 is 4.79 Å². The van der Waals surface area contributed by atoms with Crippen molar-refractivity contribution >= 4 is 22.8 Å². The van der Waals surface area contributed by atoms with Gasteiger partial charge in [-0.25, -0.2) is 15.0 Å². The lowest BCUT2D eigenvalue weighted by atomic mass is 10.1. The normalized spacial score (nSPS) is 15.0. The van der Waals surface area contributed by atoms with Gasteiger partial charge in [0.2, 0.25) is 5.91 Å². The molecule has 5 rings (SSSR count). The van der Waals surface area contributed by atoms with E-state index in [4.69, 9.17) is 10.7 Å². The maximum atomic E-state index is 11.5. The number of para-hydroxylation sites is 2. The van der Waals surface area contributed by atoms with E-state index in [0.29, 0.717) is 23.0 Å². The largest absolute Gasteiger partial charge is 0.382 e. The third-order valence-electron chi connectivity index (χ3n) is 5.60. The minimum absolute atomic E-state index is 0.130. The molecule has 0 spiro atoms. The van der Waals surface area contributed by atoms with Crippen LogP contribution in [-0.4, -0.2) is 53.6 Å². The molecule has 152 valence electrons. The number of carbonyl (C=O) groups is 1. The molecule has 1 aromatic carbocycles. The highest BCUT2D eigenvalue weighted by atomic mass is 16.2. The fourth-order valence-corrected chi connectivity index (χ4v) is 3.89. The summed E-state index contributed by atoms with van der Waals surface area (Å²) in [5.41, 5.74) is 9.94. The standard InChI is InChI=1S/C21H22N8O/c1-13(30)28-8-6-15(7-9-28)29-12-14(10-24-29)18-11-23-20(22)19(25-18)21-26-16-4-2-3-5-17(16)27-21/h2-5,10-12,15H,6-9H2,1H3,(H2,22,23)(H,26,27). The summed E-state index contributed by atoms with van der Waals surface area (Å²) < 4.78 is 1.96.